The van der Waals surface area contributed by atoms with Gasteiger partial charge in [0.25, 0.3) is 0 Å². The van der Waals surface area contributed by atoms with Crippen molar-refractivity contribution in [1.29, 1.82) is 0 Å². The van der Waals surface area contributed by atoms with Gasteiger partial charge in [-0.2, -0.15) is 10.2 Å². The topological polar surface area (TPSA) is 56.7 Å². The third-order valence-electron chi connectivity index (χ3n) is 4.53. The molecule has 0 spiro atoms. The van der Waals surface area contributed by atoms with Gasteiger partial charge < -0.3 is 4.57 Å². The predicted molar refractivity (Wildman–Crippen MR) is 85.6 cm³/mol. The minimum absolute atomic E-state index is 0.301. The lowest BCUT2D eigenvalue weighted by Crippen LogP contribution is -2.37. The van der Waals surface area contributed by atoms with Gasteiger partial charge in [0.2, 0.25) is 0 Å². The summed E-state index contributed by atoms with van der Waals surface area (Å²) in [4.78, 5) is 7.13. The van der Waals surface area contributed by atoms with Gasteiger partial charge in [-0.1, -0.05) is 0 Å². The Morgan fingerprint density at radius 1 is 1.17 bits per heavy atom. The van der Waals surface area contributed by atoms with Crippen LogP contribution in [0.1, 0.15) is 30.0 Å². The van der Waals surface area contributed by atoms with Crippen LogP contribution in [0.2, 0.25) is 0 Å². The van der Waals surface area contributed by atoms with Crippen LogP contribution in [0.15, 0.2) is 37.1 Å². The molecule has 4 rings (SSSR count). The molecule has 3 aromatic heterocycles. The van der Waals surface area contributed by atoms with E-state index in [0.29, 0.717) is 6.04 Å². The number of rotatable bonds is 4. The minimum atomic E-state index is 0.301. The Kier molecular flexibility index (Phi) is 3.49. The molecule has 0 aromatic carbocycles. The Bertz CT molecular complexity index is 783. The van der Waals surface area contributed by atoms with Crippen LogP contribution in [0.3, 0.4) is 0 Å². The van der Waals surface area contributed by atoms with Crippen molar-refractivity contribution in [1.82, 2.24) is 34.0 Å². The lowest BCUT2D eigenvalue weighted by molar-refractivity contribution is 0.155. The van der Waals surface area contributed by atoms with Crippen LogP contribution in [0.25, 0.3) is 0 Å². The van der Waals surface area contributed by atoms with Gasteiger partial charge in [0, 0.05) is 50.8 Å². The molecule has 0 fully saturated rings. The van der Waals surface area contributed by atoms with Crippen LogP contribution in [-0.4, -0.2) is 40.6 Å². The molecule has 7 nitrogen and oxygen atoms in total. The molecule has 1 aliphatic rings. The van der Waals surface area contributed by atoms with Gasteiger partial charge in [0.15, 0.2) is 0 Å². The van der Waals surface area contributed by atoms with Gasteiger partial charge >= 0.3 is 0 Å². The summed E-state index contributed by atoms with van der Waals surface area (Å²) in [7, 11) is 1.96. The molecular formula is C16H21N7. The average molecular weight is 311 g/mol. The second kappa shape index (κ2) is 5.66. The Hall–Kier alpha value is -2.41. The zero-order chi connectivity index (χ0) is 15.8. The molecule has 0 aliphatic carbocycles. The van der Waals surface area contributed by atoms with Gasteiger partial charge in [0.1, 0.15) is 5.82 Å². The molecule has 23 heavy (non-hydrogen) atoms. The zero-order valence-electron chi connectivity index (χ0n) is 13.5. The van der Waals surface area contributed by atoms with E-state index in [1.165, 1.54) is 11.3 Å². The highest BCUT2D eigenvalue weighted by Gasteiger charge is 2.27. The van der Waals surface area contributed by atoms with Crippen molar-refractivity contribution in [2.75, 3.05) is 6.54 Å². The smallest absolute Gasteiger partial charge is 0.126 e. The molecule has 0 saturated carbocycles. The summed E-state index contributed by atoms with van der Waals surface area (Å²) in [5.74, 6) is 1.14. The van der Waals surface area contributed by atoms with E-state index < -0.39 is 0 Å². The monoisotopic (exact) mass is 311 g/mol. The first kappa shape index (κ1) is 14.2. The summed E-state index contributed by atoms with van der Waals surface area (Å²) in [6, 6.07) is 2.25. The van der Waals surface area contributed by atoms with E-state index in [4.69, 9.17) is 0 Å². The van der Waals surface area contributed by atoms with Gasteiger partial charge in [-0.3, -0.25) is 14.3 Å². The molecule has 0 saturated heterocycles. The van der Waals surface area contributed by atoms with Gasteiger partial charge in [-0.15, -0.1) is 0 Å². The fraction of sp³-hybridized carbons (Fsp3) is 0.438. The Balaban J connectivity index is 1.53. The molecule has 0 radical (unpaired) electrons. The molecule has 120 valence electrons. The Morgan fingerprint density at radius 2 is 2.09 bits per heavy atom. The first-order valence-electron chi connectivity index (χ1n) is 7.94. The van der Waals surface area contributed by atoms with Crippen molar-refractivity contribution in [2.45, 2.75) is 32.6 Å². The van der Waals surface area contributed by atoms with E-state index >= 15 is 0 Å². The van der Waals surface area contributed by atoms with Crippen LogP contribution < -0.4 is 0 Å². The molecule has 3 aromatic rings. The van der Waals surface area contributed by atoms with E-state index in [9.17, 15) is 0 Å². The number of nitrogens with zero attached hydrogens (tertiary/aromatic N) is 7. The normalized spacial score (nSPS) is 18.3. The van der Waals surface area contributed by atoms with Crippen LogP contribution in [0.5, 0.6) is 0 Å². The second-order valence-corrected chi connectivity index (χ2v) is 6.13. The maximum Gasteiger partial charge on any atom is 0.126 e. The molecule has 1 aliphatic heterocycles. The van der Waals surface area contributed by atoms with Crippen LogP contribution >= 0.6 is 0 Å². The highest BCUT2D eigenvalue weighted by Crippen LogP contribution is 2.27. The van der Waals surface area contributed by atoms with E-state index in [1.54, 1.807) is 0 Å². The van der Waals surface area contributed by atoms with Gasteiger partial charge in [-0.05, 0) is 13.0 Å². The van der Waals surface area contributed by atoms with Crippen LogP contribution in [0.4, 0.5) is 0 Å². The van der Waals surface area contributed by atoms with E-state index in [2.05, 4.69) is 37.8 Å². The SMILES string of the molecule is C[C@H]1c2ncc(Cn3cccn3)n2CCN1Cc1cnn(C)c1. The quantitative estimate of drug-likeness (QED) is 0.731. The number of aromatic nitrogens is 6. The molecule has 1 atom stereocenters. The predicted octanol–water partition coefficient (Wildman–Crippen LogP) is 1.44. The Labute approximate surface area is 135 Å². The highest BCUT2D eigenvalue weighted by atomic mass is 15.3. The molecule has 7 heteroatoms. The van der Waals surface area contributed by atoms with Crippen molar-refractivity contribution >= 4 is 0 Å². The van der Waals surface area contributed by atoms with E-state index in [0.717, 1.165) is 32.0 Å². The molecule has 0 unspecified atom stereocenters. The largest absolute Gasteiger partial charge is 0.328 e. The fourth-order valence-corrected chi connectivity index (χ4v) is 3.29. The van der Waals surface area contributed by atoms with Crippen LogP contribution in [0, 0.1) is 0 Å². The summed E-state index contributed by atoms with van der Waals surface area (Å²) >= 11 is 0. The zero-order valence-corrected chi connectivity index (χ0v) is 13.5. The van der Waals surface area contributed by atoms with Crippen molar-refractivity contribution in [3.63, 3.8) is 0 Å². The first-order valence-corrected chi connectivity index (χ1v) is 7.94. The number of fused-ring (bicyclic) bond motifs is 1. The lowest BCUT2D eigenvalue weighted by Gasteiger charge is -2.34. The minimum Gasteiger partial charge on any atom is -0.328 e. The third kappa shape index (κ3) is 2.68. The number of aryl methyl sites for hydroxylation is 1. The summed E-state index contributed by atoms with van der Waals surface area (Å²) in [6.45, 7) is 5.90. The van der Waals surface area contributed by atoms with Crippen LogP contribution in [-0.2, 0) is 26.7 Å². The molecular weight excluding hydrogens is 290 g/mol. The number of imidazole rings is 1. The lowest BCUT2D eigenvalue weighted by atomic mass is 10.2. The Morgan fingerprint density at radius 3 is 2.83 bits per heavy atom. The summed E-state index contributed by atoms with van der Waals surface area (Å²) in [5, 5.41) is 8.54. The van der Waals surface area contributed by atoms with Crippen molar-refractivity contribution < 1.29 is 0 Å². The summed E-state index contributed by atoms with van der Waals surface area (Å²) < 4.78 is 6.14. The molecule has 0 amide bonds. The highest BCUT2D eigenvalue weighted by molar-refractivity contribution is 5.13. The molecule has 0 bridgehead atoms. The van der Waals surface area contributed by atoms with E-state index in [1.807, 2.05) is 47.3 Å². The first-order chi connectivity index (χ1) is 11.2. The fourth-order valence-electron chi connectivity index (χ4n) is 3.29. The number of hydrogen-bond donors (Lipinski definition) is 0. The third-order valence-corrected chi connectivity index (χ3v) is 4.53. The average Bonchev–Trinajstić information content (AvgIpc) is 3.25. The van der Waals surface area contributed by atoms with E-state index in [-0.39, 0.29) is 0 Å². The standard InChI is InChI=1S/C16H21N7/c1-13-16-17-9-15(12-22-5-3-4-18-22)23(16)7-6-21(13)11-14-8-19-20(2)10-14/h3-5,8-10,13H,6-7,11-12H2,1-2H3/t13-/m0/s1. The second-order valence-electron chi connectivity index (χ2n) is 6.13. The number of hydrogen-bond acceptors (Lipinski definition) is 4. The maximum atomic E-state index is 4.67. The van der Waals surface area contributed by atoms with Crippen molar-refractivity contribution in [3.05, 3.63) is 54.1 Å². The summed E-state index contributed by atoms with van der Waals surface area (Å²) in [6.07, 6.45) is 9.81. The van der Waals surface area contributed by atoms with Crippen molar-refractivity contribution in [3.8, 4) is 0 Å². The van der Waals surface area contributed by atoms with Gasteiger partial charge in [-0.25, -0.2) is 4.98 Å². The van der Waals surface area contributed by atoms with Crippen molar-refractivity contribution in [2.24, 2.45) is 7.05 Å². The van der Waals surface area contributed by atoms with Gasteiger partial charge in [0.05, 0.1) is 30.7 Å². The maximum absolute atomic E-state index is 4.67. The summed E-state index contributed by atoms with van der Waals surface area (Å²) in [5.41, 5.74) is 2.47. The molecule has 4 heterocycles. The molecule has 0 N–H and O–H groups in total.